The lowest BCUT2D eigenvalue weighted by Crippen LogP contribution is -1.99. The molecule has 0 aliphatic rings. The molecule has 0 aliphatic heterocycles. The third-order valence-electron chi connectivity index (χ3n) is 1.94. The zero-order chi connectivity index (χ0) is 10.4. The van der Waals surface area contributed by atoms with Gasteiger partial charge >= 0.3 is 0 Å². The zero-order valence-corrected chi connectivity index (χ0v) is 8.33. The van der Waals surface area contributed by atoms with Crippen LogP contribution in [0.4, 0.5) is 0 Å². The highest BCUT2D eigenvalue weighted by Crippen LogP contribution is 2.08. The lowest BCUT2D eigenvalue weighted by atomic mass is 10.1. The standard InChI is InChI=1S/C13H14O/c1-3-11-7-5-6-8-12(11)9-10-13(14)4-2/h3,5-8,13-14H,1,4H2,2H3. The first-order chi connectivity index (χ1) is 6.77. The molecule has 1 atom stereocenters. The SMILES string of the molecule is C=Cc1ccccc1C#CC(O)CC. The van der Waals surface area contributed by atoms with Crippen LogP contribution < -0.4 is 0 Å². The number of aliphatic hydroxyl groups is 1. The molecule has 1 nitrogen and oxygen atoms in total. The topological polar surface area (TPSA) is 20.2 Å². The second-order valence-electron chi connectivity index (χ2n) is 2.98. The summed E-state index contributed by atoms with van der Waals surface area (Å²) in [5.74, 6) is 5.72. The van der Waals surface area contributed by atoms with Gasteiger partial charge in [0.15, 0.2) is 0 Å². The number of hydrogen-bond acceptors (Lipinski definition) is 1. The maximum atomic E-state index is 9.28. The van der Waals surface area contributed by atoms with Gasteiger partial charge in [-0.15, -0.1) is 0 Å². The third kappa shape index (κ3) is 2.76. The van der Waals surface area contributed by atoms with Crippen LogP contribution in [0.2, 0.25) is 0 Å². The molecule has 14 heavy (non-hydrogen) atoms. The van der Waals surface area contributed by atoms with Gasteiger partial charge < -0.3 is 5.11 Å². The van der Waals surface area contributed by atoms with E-state index >= 15 is 0 Å². The molecule has 0 spiro atoms. The highest BCUT2D eigenvalue weighted by molar-refractivity contribution is 5.57. The van der Waals surface area contributed by atoms with Crippen molar-refractivity contribution in [2.75, 3.05) is 0 Å². The minimum Gasteiger partial charge on any atom is -0.380 e. The second-order valence-corrected chi connectivity index (χ2v) is 2.98. The average molecular weight is 186 g/mol. The quantitative estimate of drug-likeness (QED) is 0.703. The van der Waals surface area contributed by atoms with E-state index in [-0.39, 0.29) is 0 Å². The fourth-order valence-electron chi connectivity index (χ4n) is 1.05. The molecule has 0 fully saturated rings. The normalized spacial score (nSPS) is 11.3. The lowest BCUT2D eigenvalue weighted by Gasteiger charge is -1.98. The predicted octanol–water partition coefficient (Wildman–Crippen LogP) is 2.45. The minimum absolute atomic E-state index is 0.534. The monoisotopic (exact) mass is 186 g/mol. The molecule has 0 radical (unpaired) electrons. The smallest absolute Gasteiger partial charge is 0.114 e. The lowest BCUT2D eigenvalue weighted by molar-refractivity contribution is 0.228. The predicted molar refractivity (Wildman–Crippen MR) is 59.7 cm³/mol. The molecule has 0 amide bonds. The van der Waals surface area contributed by atoms with Crippen LogP contribution in [0.3, 0.4) is 0 Å². The van der Waals surface area contributed by atoms with E-state index in [0.717, 1.165) is 11.1 Å². The summed E-state index contributed by atoms with van der Waals surface area (Å²) in [7, 11) is 0. The fourth-order valence-corrected chi connectivity index (χ4v) is 1.05. The minimum atomic E-state index is -0.534. The number of aliphatic hydroxyl groups excluding tert-OH is 1. The number of hydrogen-bond donors (Lipinski definition) is 1. The van der Waals surface area contributed by atoms with Gasteiger partial charge in [-0.25, -0.2) is 0 Å². The Hall–Kier alpha value is -1.52. The summed E-state index contributed by atoms with van der Waals surface area (Å²) in [4.78, 5) is 0. The van der Waals surface area contributed by atoms with Gasteiger partial charge in [0.25, 0.3) is 0 Å². The van der Waals surface area contributed by atoms with Crippen LogP contribution in [0.5, 0.6) is 0 Å². The van der Waals surface area contributed by atoms with Crippen molar-refractivity contribution < 1.29 is 5.11 Å². The van der Waals surface area contributed by atoms with Crippen LogP contribution in [0.25, 0.3) is 6.08 Å². The van der Waals surface area contributed by atoms with Gasteiger partial charge in [-0.05, 0) is 18.1 Å². The molecule has 72 valence electrons. The summed E-state index contributed by atoms with van der Waals surface area (Å²) < 4.78 is 0. The van der Waals surface area contributed by atoms with Gasteiger partial charge in [0.1, 0.15) is 6.10 Å². The number of benzene rings is 1. The van der Waals surface area contributed by atoms with Crippen molar-refractivity contribution in [2.45, 2.75) is 19.4 Å². The molecular weight excluding hydrogens is 172 g/mol. The summed E-state index contributed by atoms with van der Waals surface area (Å²) in [6.45, 7) is 5.61. The Labute approximate surface area is 85.1 Å². The van der Waals surface area contributed by atoms with E-state index in [4.69, 9.17) is 0 Å². The molecule has 1 heteroatoms. The maximum Gasteiger partial charge on any atom is 0.114 e. The van der Waals surface area contributed by atoms with Crippen molar-refractivity contribution in [1.82, 2.24) is 0 Å². The molecule has 1 aromatic carbocycles. The molecule has 0 heterocycles. The summed E-state index contributed by atoms with van der Waals surface area (Å²) in [5, 5.41) is 9.28. The summed E-state index contributed by atoms with van der Waals surface area (Å²) >= 11 is 0. The molecule has 1 rings (SSSR count). The largest absolute Gasteiger partial charge is 0.380 e. The van der Waals surface area contributed by atoms with Gasteiger partial charge in [-0.2, -0.15) is 0 Å². The Morgan fingerprint density at radius 1 is 1.50 bits per heavy atom. The first-order valence-electron chi connectivity index (χ1n) is 4.69. The van der Waals surface area contributed by atoms with Crippen LogP contribution in [0, 0.1) is 11.8 Å². The van der Waals surface area contributed by atoms with Crippen molar-refractivity contribution in [1.29, 1.82) is 0 Å². The Bertz CT molecular complexity index is 368. The van der Waals surface area contributed by atoms with Gasteiger partial charge in [-0.1, -0.05) is 49.6 Å². The van der Waals surface area contributed by atoms with E-state index in [1.165, 1.54) is 0 Å². The first-order valence-corrected chi connectivity index (χ1v) is 4.69. The van der Waals surface area contributed by atoms with Crippen LogP contribution in [-0.2, 0) is 0 Å². The van der Waals surface area contributed by atoms with E-state index in [0.29, 0.717) is 6.42 Å². The average Bonchev–Trinajstić information content (AvgIpc) is 2.26. The Morgan fingerprint density at radius 3 is 2.86 bits per heavy atom. The molecule has 1 N–H and O–H groups in total. The first kappa shape index (κ1) is 10.6. The Balaban J connectivity index is 2.94. The molecule has 0 bridgehead atoms. The number of rotatable bonds is 2. The Morgan fingerprint density at radius 2 is 2.21 bits per heavy atom. The van der Waals surface area contributed by atoms with Crippen molar-refractivity contribution >= 4 is 6.08 Å². The van der Waals surface area contributed by atoms with E-state index in [1.54, 1.807) is 6.08 Å². The van der Waals surface area contributed by atoms with Crippen molar-refractivity contribution in [3.05, 3.63) is 42.0 Å². The maximum absolute atomic E-state index is 9.28. The molecule has 0 aromatic heterocycles. The van der Waals surface area contributed by atoms with Crippen molar-refractivity contribution in [3.63, 3.8) is 0 Å². The van der Waals surface area contributed by atoms with E-state index in [2.05, 4.69) is 18.4 Å². The van der Waals surface area contributed by atoms with Crippen LogP contribution >= 0.6 is 0 Å². The molecular formula is C13H14O. The third-order valence-corrected chi connectivity index (χ3v) is 1.94. The van der Waals surface area contributed by atoms with Gasteiger partial charge in [-0.3, -0.25) is 0 Å². The summed E-state index contributed by atoms with van der Waals surface area (Å²) in [5.41, 5.74) is 1.92. The van der Waals surface area contributed by atoms with Crippen LogP contribution in [0.15, 0.2) is 30.8 Å². The highest BCUT2D eigenvalue weighted by Gasteiger charge is 1.95. The molecule has 0 saturated carbocycles. The summed E-state index contributed by atoms with van der Waals surface area (Å²) in [6, 6.07) is 7.75. The van der Waals surface area contributed by atoms with Gasteiger partial charge in [0, 0.05) is 5.56 Å². The van der Waals surface area contributed by atoms with Crippen molar-refractivity contribution in [2.24, 2.45) is 0 Å². The molecule has 0 aliphatic carbocycles. The van der Waals surface area contributed by atoms with Gasteiger partial charge in [0.05, 0.1) is 0 Å². The van der Waals surface area contributed by atoms with Crippen LogP contribution in [-0.4, -0.2) is 11.2 Å². The highest BCUT2D eigenvalue weighted by atomic mass is 16.3. The van der Waals surface area contributed by atoms with Crippen molar-refractivity contribution in [3.8, 4) is 11.8 Å². The fraction of sp³-hybridized carbons (Fsp3) is 0.231. The molecule has 1 aromatic rings. The zero-order valence-electron chi connectivity index (χ0n) is 8.33. The van der Waals surface area contributed by atoms with E-state index in [1.807, 2.05) is 31.2 Å². The van der Waals surface area contributed by atoms with E-state index in [9.17, 15) is 5.11 Å². The molecule has 0 saturated heterocycles. The second kappa shape index (κ2) is 5.26. The molecule has 1 unspecified atom stereocenters. The van der Waals surface area contributed by atoms with Gasteiger partial charge in [0.2, 0.25) is 0 Å². The van der Waals surface area contributed by atoms with E-state index < -0.39 is 6.10 Å². The Kier molecular flexibility index (Phi) is 3.97. The summed E-state index contributed by atoms with van der Waals surface area (Å²) in [6.07, 6.45) is 1.89. The van der Waals surface area contributed by atoms with Crippen LogP contribution in [0.1, 0.15) is 24.5 Å².